The van der Waals surface area contributed by atoms with Crippen molar-refractivity contribution < 1.29 is 4.79 Å². The van der Waals surface area contributed by atoms with Crippen LogP contribution >= 0.6 is 0 Å². The van der Waals surface area contributed by atoms with Gasteiger partial charge in [-0.15, -0.1) is 0 Å². The zero-order valence-corrected chi connectivity index (χ0v) is 9.47. The third-order valence-corrected chi connectivity index (χ3v) is 2.02. The van der Waals surface area contributed by atoms with Crippen LogP contribution in [0.25, 0.3) is 0 Å². The molecule has 3 nitrogen and oxygen atoms in total. The number of carbonyl (C=O) groups is 1. The van der Waals surface area contributed by atoms with Gasteiger partial charge in [0.05, 0.1) is 0 Å². The van der Waals surface area contributed by atoms with Crippen molar-refractivity contribution in [2.24, 2.45) is 0 Å². The van der Waals surface area contributed by atoms with Gasteiger partial charge < -0.3 is 4.90 Å². The average molecular weight is 214 g/mol. The quantitative estimate of drug-likeness (QED) is 0.566. The second-order valence-electron chi connectivity index (χ2n) is 3.70. The Morgan fingerprint density at radius 2 is 2.00 bits per heavy atom. The molecule has 0 aromatic heterocycles. The van der Waals surface area contributed by atoms with Crippen LogP contribution < -0.4 is 0 Å². The van der Waals surface area contributed by atoms with Crippen LogP contribution in [0.1, 0.15) is 5.56 Å². The van der Waals surface area contributed by atoms with Gasteiger partial charge in [-0.25, -0.2) is 0 Å². The molecule has 0 heterocycles. The first-order valence-electron chi connectivity index (χ1n) is 4.99. The zero-order valence-electron chi connectivity index (χ0n) is 9.47. The van der Waals surface area contributed by atoms with Crippen molar-refractivity contribution in [3.05, 3.63) is 47.7 Å². The lowest BCUT2D eigenvalue weighted by molar-refractivity contribution is -0.114. The molecule has 0 N–H and O–H groups in total. The Balaban J connectivity index is 2.76. The standard InChI is InChI=1S/C13H14N2O/c1-15(2)10-12(9-14)13(16)8-11-6-4-3-5-7-11/h3-7,10H,8H2,1-2H3/b12-10+. The topological polar surface area (TPSA) is 44.1 Å². The Bertz CT molecular complexity index is 427. The predicted molar refractivity (Wildman–Crippen MR) is 62.5 cm³/mol. The van der Waals surface area contributed by atoms with Crippen molar-refractivity contribution in [1.82, 2.24) is 4.90 Å². The minimum absolute atomic E-state index is 0.151. The highest BCUT2D eigenvalue weighted by molar-refractivity contribution is 6.00. The van der Waals surface area contributed by atoms with E-state index < -0.39 is 0 Å². The summed E-state index contributed by atoms with van der Waals surface area (Å²) in [6.45, 7) is 0. The van der Waals surface area contributed by atoms with Crippen LogP contribution in [0, 0.1) is 11.3 Å². The first-order chi connectivity index (χ1) is 7.63. The molecule has 1 rings (SSSR count). The number of ketones is 1. The third-order valence-electron chi connectivity index (χ3n) is 2.02. The second-order valence-corrected chi connectivity index (χ2v) is 3.70. The molecule has 16 heavy (non-hydrogen) atoms. The van der Waals surface area contributed by atoms with E-state index in [0.29, 0.717) is 0 Å². The molecule has 3 heteroatoms. The molecule has 0 aliphatic rings. The molecule has 0 atom stereocenters. The van der Waals surface area contributed by atoms with Gasteiger partial charge in [-0.05, 0) is 5.56 Å². The fourth-order valence-electron chi connectivity index (χ4n) is 1.30. The Morgan fingerprint density at radius 3 is 2.50 bits per heavy atom. The number of rotatable bonds is 4. The third kappa shape index (κ3) is 3.58. The summed E-state index contributed by atoms with van der Waals surface area (Å²) in [5.74, 6) is -0.151. The summed E-state index contributed by atoms with van der Waals surface area (Å²) >= 11 is 0. The van der Waals surface area contributed by atoms with E-state index in [9.17, 15) is 4.79 Å². The highest BCUT2D eigenvalue weighted by Crippen LogP contribution is 2.05. The van der Waals surface area contributed by atoms with Crippen LogP contribution in [0.5, 0.6) is 0 Å². The van der Waals surface area contributed by atoms with Crippen molar-refractivity contribution >= 4 is 5.78 Å². The van der Waals surface area contributed by atoms with Gasteiger partial charge in [-0.2, -0.15) is 5.26 Å². The highest BCUT2D eigenvalue weighted by atomic mass is 16.1. The Morgan fingerprint density at radius 1 is 1.38 bits per heavy atom. The average Bonchev–Trinajstić information content (AvgIpc) is 2.26. The van der Waals surface area contributed by atoms with E-state index in [4.69, 9.17) is 5.26 Å². The summed E-state index contributed by atoms with van der Waals surface area (Å²) in [5, 5.41) is 8.86. The molecular weight excluding hydrogens is 200 g/mol. The van der Waals surface area contributed by atoms with Crippen LogP contribution in [0.4, 0.5) is 0 Å². The van der Waals surface area contributed by atoms with Crippen LogP contribution in [0.3, 0.4) is 0 Å². The maximum absolute atomic E-state index is 11.8. The zero-order chi connectivity index (χ0) is 12.0. The number of carbonyl (C=O) groups excluding carboxylic acids is 1. The number of benzene rings is 1. The SMILES string of the molecule is CN(C)/C=C(\C#N)C(=O)Cc1ccccc1. The number of nitriles is 1. The maximum atomic E-state index is 11.8. The molecule has 82 valence electrons. The lowest BCUT2D eigenvalue weighted by Gasteiger charge is -2.05. The summed E-state index contributed by atoms with van der Waals surface area (Å²) in [6, 6.07) is 11.3. The fourth-order valence-corrected chi connectivity index (χ4v) is 1.30. The van der Waals surface area contributed by atoms with Crippen molar-refractivity contribution in [3.63, 3.8) is 0 Å². The van der Waals surface area contributed by atoms with Gasteiger partial charge in [0, 0.05) is 26.7 Å². The van der Waals surface area contributed by atoms with Crippen LogP contribution in [-0.4, -0.2) is 24.8 Å². The molecule has 1 aromatic carbocycles. The van der Waals surface area contributed by atoms with Gasteiger partial charge in [0.1, 0.15) is 11.6 Å². The minimum atomic E-state index is -0.151. The molecule has 0 bridgehead atoms. The molecule has 0 aliphatic heterocycles. The van der Waals surface area contributed by atoms with Gasteiger partial charge in [0.2, 0.25) is 0 Å². The lowest BCUT2D eigenvalue weighted by atomic mass is 10.0. The smallest absolute Gasteiger partial charge is 0.179 e. The van der Waals surface area contributed by atoms with Gasteiger partial charge >= 0.3 is 0 Å². The summed E-state index contributed by atoms with van der Waals surface area (Å²) in [7, 11) is 3.57. The number of Topliss-reactive ketones (excluding diaryl/α,β-unsaturated/α-hetero) is 1. The van der Waals surface area contributed by atoms with Crippen molar-refractivity contribution in [3.8, 4) is 6.07 Å². The van der Waals surface area contributed by atoms with E-state index in [0.717, 1.165) is 5.56 Å². The maximum Gasteiger partial charge on any atom is 0.179 e. The van der Waals surface area contributed by atoms with Crippen molar-refractivity contribution in [2.45, 2.75) is 6.42 Å². The monoisotopic (exact) mass is 214 g/mol. The first kappa shape index (κ1) is 12.0. The Labute approximate surface area is 95.6 Å². The summed E-state index contributed by atoms with van der Waals surface area (Å²) < 4.78 is 0. The van der Waals surface area contributed by atoms with E-state index in [2.05, 4.69) is 0 Å². The van der Waals surface area contributed by atoms with Gasteiger partial charge in [-0.1, -0.05) is 30.3 Å². The molecule has 0 amide bonds. The molecule has 0 spiro atoms. The number of allylic oxidation sites excluding steroid dienone is 1. The first-order valence-corrected chi connectivity index (χ1v) is 4.99. The summed E-state index contributed by atoms with van der Waals surface area (Å²) in [4.78, 5) is 13.5. The molecule has 0 aliphatic carbocycles. The minimum Gasteiger partial charge on any atom is -0.382 e. The molecule has 1 aromatic rings. The number of hydrogen-bond acceptors (Lipinski definition) is 3. The van der Waals surface area contributed by atoms with E-state index in [1.54, 1.807) is 25.2 Å². The normalized spacial score (nSPS) is 10.7. The summed E-state index contributed by atoms with van der Waals surface area (Å²) in [5.41, 5.74) is 1.11. The predicted octanol–water partition coefficient (Wildman–Crippen LogP) is 1.77. The van der Waals surface area contributed by atoms with Gasteiger partial charge in [0.15, 0.2) is 5.78 Å². The van der Waals surface area contributed by atoms with E-state index in [-0.39, 0.29) is 17.8 Å². The number of nitrogens with zero attached hydrogens (tertiary/aromatic N) is 2. The molecule has 0 radical (unpaired) electrons. The van der Waals surface area contributed by atoms with Crippen molar-refractivity contribution in [1.29, 1.82) is 5.26 Å². The highest BCUT2D eigenvalue weighted by Gasteiger charge is 2.09. The van der Waals surface area contributed by atoms with Crippen LogP contribution in [0.15, 0.2) is 42.1 Å². The molecule has 0 fully saturated rings. The fraction of sp³-hybridized carbons (Fsp3) is 0.231. The van der Waals surface area contributed by atoms with E-state index >= 15 is 0 Å². The van der Waals surface area contributed by atoms with Crippen molar-refractivity contribution in [2.75, 3.05) is 14.1 Å². The van der Waals surface area contributed by atoms with Gasteiger partial charge in [0.25, 0.3) is 0 Å². The van der Waals surface area contributed by atoms with E-state index in [1.165, 1.54) is 0 Å². The van der Waals surface area contributed by atoms with E-state index in [1.807, 2.05) is 36.4 Å². The van der Waals surface area contributed by atoms with Crippen LogP contribution in [-0.2, 0) is 11.2 Å². The van der Waals surface area contributed by atoms with Crippen LogP contribution in [0.2, 0.25) is 0 Å². The Kier molecular flexibility index (Phi) is 4.28. The lowest BCUT2D eigenvalue weighted by Crippen LogP contribution is -2.10. The molecule has 0 saturated heterocycles. The molecule has 0 unspecified atom stereocenters. The largest absolute Gasteiger partial charge is 0.382 e. The Hall–Kier alpha value is -2.08. The number of hydrogen-bond donors (Lipinski definition) is 0. The van der Waals surface area contributed by atoms with Gasteiger partial charge in [-0.3, -0.25) is 4.79 Å². The molecular formula is C13H14N2O. The summed E-state index contributed by atoms with van der Waals surface area (Å²) in [6.07, 6.45) is 1.82. The molecule has 0 saturated carbocycles. The second kappa shape index (κ2) is 5.72.